The Balaban J connectivity index is 2.03. The molecule has 3 rings (SSSR count). The topological polar surface area (TPSA) is 77.5 Å². The molecule has 0 radical (unpaired) electrons. The molecular weight excluding hydrogens is 400 g/mol. The van der Waals surface area contributed by atoms with Gasteiger partial charge in [-0.2, -0.15) is 11.8 Å². The lowest BCUT2D eigenvalue weighted by Crippen LogP contribution is -2.42. The molecule has 0 aliphatic carbocycles. The number of methoxy groups -OCH3 is 2. The molecule has 3 aromatic rings. The highest BCUT2D eigenvalue weighted by molar-refractivity contribution is 7.98. The van der Waals surface area contributed by atoms with Gasteiger partial charge in [0.15, 0.2) is 0 Å². The fourth-order valence-corrected chi connectivity index (χ4v) is 3.63. The van der Waals surface area contributed by atoms with Crippen LogP contribution in [-0.4, -0.2) is 49.1 Å². The van der Waals surface area contributed by atoms with Crippen molar-refractivity contribution in [3.63, 3.8) is 0 Å². The van der Waals surface area contributed by atoms with E-state index in [1.54, 1.807) is 24.9 Å². The molecule has 156 valence electrons. The number of amides is 1. The summed E-state index contributed by atoms with van der Waals surface area (Å²) < 4.78 is 10.2. The van der Waals surface area contributed by atoms with Crippen LogP contribution in [0.1, 0.15) is 16.8 Å². The van der Waals surface area contributed by atoms with Gasteiger partial charge in [-0.15, -0.1) is 0 Å². The maximum Gasteiger partial charge on any atom is 0.328 e. The summed E-state index contributed by atoms with van der Waals surface area (Å²) in [7, 11) is 2.93. The van der Waals surface area contributed by atoms with Gasteiger partial charge in [-0.25, -0.2) is 9.78 Å². The fourth-order valence-electron chi connectivity index (χ4n) is 3.16. The van der Waals surface area contributed by atoms with Crippen LogP contribution in [-0.2, 0) is 9.53 Å². The predicted octanol–water partition coefficient (Wildman–Crippen LogP) is 3.93. The number of carbonyl (C=O) groups excluding carboxylic acids is 2. The number of nitrogens with one attached hydrogen (secondary N) is 1. The van der Waals surface area contributed by atoms with Gasteiger partial charge >= 0.3 is 5.97 Å². The van der Waals surface area contributed by atoms with Crippen LogP contribution < -0.4 is 10.1 Å². The van der Waals surface area contributed by atoms with Gasteiger partial charge in [0.1, 0.15) is 11.8 Å². The molecule has 6 nitrogen and oxygen atoms in total. The minimum Gasteiger partial charge on any atom is -0.497 e. The second-order valence-corrected chi connectivity index (χ2v) is 7.62. The minimum absolute atomic E-state index is 0.339. The Hall–Kier alpha value is -3.06. The molecule has 7 heteroatoms. The molecule has 0 bridgehead atoms. The van der Waals surface area contributed by atoms with Gasteiger partial charge < -0.3 is 14.8 Å². The summed E-state index contributed by atoms with van der Waals surface area (Å²) >= 11 is 1.61. The average molecular weight is 425 g/mol. The predicted molar refractivity (Wildman–Crippen MR) is 120 cm³/mol. The third kappa shape index (κ3) is 4.91. The number of thioether (sulfide) groups is 1. The third-order valence-corrected chi connectivity index (χ3v) is 5.37. The number of ether oxygens (including phenoxy) is 2. The van der Waals surface area contributed by atoms with Gasteiger partial charge in [0.2, 0.25) is 0 Å². The van der Waals surface area contributed by atoms with E-state index < -0.39 is 12.0 Å². The number of aromatic nitrogens is 1. The van der Waals surface area contributed by atoms with E-state index in [0.717, 1.165) is 16.7 Å². The third-order valence-electron chi connectivity index (χ3n) is 4.73. The van der Waals surface area contributed by atoms with Gasteiger partial charge in [0.25, 0.3) is 5.91 Å². The summed E-state index contributed by atoms with van der Waals surface area (Å²) in [6, 6.07) is 16.0. The zero-order chi connectivity index (χ0) is 21.5. The average Bonchev–Trinajstić information content (AvgIpc) is 2.80. The Morgan fingerprint density at radius 2 is 1.90 bits per heavy atom. The summed E-state index contributed by atoms with van der Waals surface area (Å²) in [5, 5.41) is 3.55. The highest BCUT2D eigenvalue weighted by atomic mass is 32.2. The number of fused-ring (bicyclic) bond motifs is 1. The monoisotopic (exact) mass is 424 g/mol. The number of carbonyl (C=O) groups is 2. The highest BCUT2D eigenvalue weighted by Crippen LogP contribution is 2.27. The molecule has 0 fully saturated rings. The molecule has 1 aromatic heterocycles. The number of nitrogens with zero attached hydrogens (tertiary/aromatic N) is 1. The van der Waals surface area contributed by atoms with Gasteiger partial charge in [-0.3, -0.25) is 4.79 Å². The lowest BCUT2D eigenvalue weighted by atomic mass is 10.0. The first-order chi connectivity index (χ1) is 14.6. The molecule has 0 aliphatic rings. The molecule has 0 aliphatic heterocycles. The van der Waals surface area contributed by atoms with Gasteiger partial charge in [0, 0.05) is 10.9 Å². The van der Waals surface area contributed by atoms with Crippen molar-refractivity contribution in [2.75, 3.05) is 26.2 Å². The molecule has 1 N–H and O–H groups in total. The van der Waals surface area contributed by atoms with E-state index in [-0.39, 0.29) is 5.91 Å². The number of benzene rings is 2. The van der Waals surface area contributed by atoms with Crippen molar-refractivity contribution in [3.8, 4) is 17.0 Å². The Morgan fingerprint density at radius 1 is 1.10 bits per heavy atom. The van der Waals surface area contributed by atoms with Crippen molar-refractivity contribution < 1.29 is 19.1 Å². The van der Waals surface area contributed by atoms with E-state index in [1.807, 2.05) is 54.8 Å². The van der Waals surface area contributed by atoms with Gasteiger partial charge in [-0.05, 0) is 42.7 Å². The van der Waals surface area contributed by atoms with Crippen molar-refractivity contribution in [2.24, 2.45) is 0 Å². The van der Waals surface area contributed by atoms with Crippen LogP contribution in [0.2, 0.25) is 0 Å². The first kappa shape index (κ1) is 21.6. The normalized spacial score (nSPS) is 11.7. The van der Waals surface area contributed by atoms with Crippen molar-refractivity contribution >= 4 is 34.5 Å². The van der Waals surface area contributed by atoms with Crippen molar-refractivity contribution in [1.82, 2.24) is 10.3 Å². The number of para-hydroxylation sites is 1. The van der Waals surface area contributed by atoms with Crippen LogP contribution in [0.15, 0.2) is 54.6 Å². The molecule has 1 atom stereocenters. The summed E-state index contributed by atoms with van der Waals surface area (Å²) in [4.78, 5) is 30.0. The van der Waals surface area contributed by atoms with E-state index in [1.165, 1.54) is 7.11 Å². The maximum atomic E-state index is 13.2. The van der Waals surface area contributed by atoms with Crippen LogP contribution >= 0.6 is 11.8 Å². The molecule has 0 unspecified atom stereocenters. The van der Waals surface area contributed by atoms with Crippen LogP contribution in [0.25, 0.3) is 22.2 Å². The van der Waals surface area contributed by atoms with Crippen LogP contribution in [0.4, 0.5) is 0 Å². The maximum absolute atomic E-state index is 13.2. The largest absolute Gasteiger partial charge is 0.497 e. The Kier molecular flexibility index (Phi) is 7.30. The van der Waals surface area contributed by atoms with Crippen molar-refractivity contribution in [3.05, 3.63) is 60.2 Å². The number of pyridine rings is 1. The first-order valence-electron chi connectivity index (χ1n) is 9.49. The summed E-state index contributed by atoms with van der Waals surface area (Å²) in [6.45, 7) is 0. The van der Waals surface area contributed by atoms with E-state index in [0.29, 0.717) is 28.9 Å². The smallest absolute Gasteiger partial charge is 0.328 e. The van der Waals surface area contributed by atoms with Crippen LogP contribution in [0.3, 0.4) is 0 Å². The highest BCUT2D eigenvalue weighted by Gasteiger charge is 2.23. The molecule has 1 heterocycles. The molecule has 2 aromatic carbocycles. The zero-order valence-corrected chi connectivity index (χ0v) is 18.0. The second kappa shape index (κ2) is 10.1. The van der Waals surface area contributed by atoms with E-state index in [4.69, 9.17) is 14.5 Å². The molecule has 0 spiro atoms. The Morgan fingerprint density at radius 3 is 2.63 bits per heavy atom. The lowest BCUT2D eigenvalue weighted by Gasteiger charge is -2.17. The Bertz CT molecular complexity index is 1050. The molecular formula is C23H24N2O4S. The summed E-state index contributed by atoms with van der Waals surface area (Å²) in [5.74, 6) is 0.640. The van der Waals surface area contributed by atoms with Crippen molar-refractivity contribution in [2.45, 2.75) is 12.5 Å². The zero-order valence-electron chi connectivity index (χ0n) is 17.2. The van der Waals surface area contributed by atoms with Crippen LogP contribution in [0, 0.1) is 0 Å². The standard InChI is InChI=1S/C23H24N2O4S/c1-28-16-8-6-7-15(13-16)21-14-18(17-9-4-5-10-19(17)24-21)22(26)25-20(11-12-30-3)23(27)29-2/h4-10,13-14,20H,11-12H2,1-3H3,(H,25,26)/t20-/m0/s1. The SMILES string of the molecule is COC(=O)[C@H](CCSC)NC(=O)c1cc(-c2cccc(OC)c2)nc2ccccc12. The summed E-state index contributed by atoms with van der Waals surface area (Å²) in [6.07, 6.45) is 2.44. The molecule has 1 amide bonds. The molecule has 30 heavy (non-hydrogen) atoms. The summed E-state index contributed by atoms with van der Waals surface area (Å²) in [5.41, 5.74) is 2.63. The second-order valence-electron chi connectivity index (χ2n) is 6.63. The number of hydrogen-bond donors (Lipinski definition) is 1. The fraction of sp³-hybridized carbons (Fsp3) is 0.261. The first-order valence-corrected chi connectivity index (χ1v) is 10.9. The van der Waals surface area contributed by atoms with Crippen LogP contribution in [0.5, 0.6) is 5.75 Å². The number of esters is 1. The quantitative estimate of drug-likeness (QED) is 0.552. The van der Waals surface area contributed by atoms with E-state index >= 15 is 0 Å². The number of hydrogen-bond acceptors (Lipinski definition) is 6. The van der Waals surface area contributed by atoms with Crippen molar-refractivity contribution in [1.29, 1.82) is 0 Å². The lowest BCUT2D eigenvalue weighted by molar-refractivity contribution is -0.142. The van der Waals surface area contributed by atoms with Gasteiger partial charge in [0.05, 0.1) is 31.0 Å². The minimum atomic E-state index is -0.706. The molecule has 0 saturated carbocycles. The van der Waals surface area contributed by atoms with E-state index in [9.17, 15) is 9.59 Å². The number of rotatable bonds is 8. The Labute approximate surface area is 180 Å². The van der Waals surface area contributed by atoms with Gasteiger partial charge in [-0.1, -0.05) is 30.3 Å². The molecule has 0 saturated heterocycles. The van der Waals surface area contributed by atoms with E-state index in [2.05, 4.69) is 5.32 Å².